The first kappa shape index (κ1) is 13.9. The van der Waals surface area contributed by atoms with Crippen molar-refractivity contribution in [2.75, 3.05) is 11.9 Å². The highest BCUT2D eigenvalue weighted by Gasteiger charge is 2.14. The summed E-state index contributed by atoms with van der Waals surface area (Å²) in [6.07, 6.45) is 1.59. The van der Waals surface area contributed by atoms with E-state index in [9.17, 15) is 14.4 Å². The summed E-state index contributed by atoms with van der Waals surface area (Å²) >= 11 is 1.15. The van der Waals surface area contributed by atoms with Gasteiger partial charge in [0.1, 0.15) is 5.00 Å². The lowest BCUT2D eigenvalue weighted by Crippen LogP contribution is -2.12. The van der Waals surface area contributed by atoms with E-state index in [-0.39, 0.29) is 12.2 Å². The maximum absolute atomic E-state index is 11.5. The molecular weight excluding hydrogens is 258 g/mol. The van der Waals surface area contributed by atoms with Gasteiger partial charge in [0.05, 0.1) is 12.2 Å². The third-order valence-corrected chi connectivity index (χ3v) is 2.60. The Morgan fingerprint density at radius 2 is 2.17 bits per heavy atom. The first-order valence-electron chi connectivity index (χ1n) is 5.01. The molecule has 0 aliphatic rings. The number of ether oxygens (including phenoxy) is 1. The van der Waals surface area contributed by atoms with Crippen molar-refractivity contribution in [3.8, 4) is 0 Å². The Balaban J connectivity index is 2.74. The maximum atomic E-state index is 11.5. The number of hydrogen-bond donors (Lipinski definition) is 2. The average Bonchev–Trinajstić information content (AvgIpc) is 2.75. The number of nitrogens with one attached hydrogen (secondary N) is 1. The Bertz CT molecular complexity index is 491. The Labute approximate surface area is 107 Å². The lowest BCUT2D eigenvalue weighted by molar-refractivity contribution is -0.131. The highest BCUT2D eigenvalue weighted by atomic mass is 32.1. The molecule has 18 heavy (non-hydrogen) atoms. The maximum Gasteiger partial charge on any atom is 0.341 e. The molecule has 6 nitrogen and oxygen atoms in total. The first-order chi connectivity index (χ1) is 8.54. The molecular formula is C11H11NO5S. The smallest absolute Gasteiger partial charge is 0.341 e. The van der Waals surface area contributed by atoms with Gasteiger partial charge in [-0.1, -0.05) is 0 Å². The molecule has 0 saturated heterocycles. The van der Waals surface area contributed by atoms with Crippen molar-refractivity contribution < 1.29 is 24.2 Å². The van der Waals surface area contributed by atoms with Crippen molar-refractivity contribution in [1.82, 2.24) is 0 Å². The molecule has 0 aliphatic heterocycles. The lowest BCUT2D eigenvalue weighted by atomic mass is 10.3. The first-order valence-corrected chi connectivity index (χ1v) is 5.89. The molecule has 0 atom stereocenters. The Morgan fingerprint density at radius 3 is 2.78 bits per heavy atom. The molecule has 1 aromatic heterocycles. The van der Waals surface area contributed by atoms with Crippen molar-refractivity contribution in [1.29, 1.82) is 0 Å². The largest absolute Gasteiger partial charge is 0.478 e. The minimum atomic E-state index is -1.22. The highest BCUT2D eigenvalue weighted by molar-refractivity contribution is 7.14. The number of aliphatic carboxylic acids is 1. The van der Waals surface area contributed by atoms with E-state index >= 15 is 0 Å². The van der Waals surface area contributed by atoms with Gasteiger partial charge < -0.3 is 15.2 Å². The summed E-state index contributed by atoms with van der Waals surface area (Å²) in [7, 11) is 0. The summed E-state index contributed by atoms with van der Waals surface area (Å²) in [4.78, 5) is 33.1. The number of amides is 1. The van der Waals surface area contributed by atoms with Gasteiger partial charge in [-0.2, -0.15) is 0 Å². The number of rotatable bonds is 5. The van der Waals surface area contributed by atoms with Crippen LogP contribution in [0.15, 0.2) is 23.6 Å². The molecule has 1 amide bonds. The summed E-state index contributed by atoms with van der Waals surface area (Å²) in [6.45, 7) is 1.92. The van der Waals surface area contributed by atoms with Gasteiger partial charge in [-0.25, -0.2) is 9.59 Å². The van der Waals surface area contributed by atoms with Gasteiger partial charge in [0.15, 0.2) is 0 Å². The summed E-state index contributed by atoms with van der Waals surface area (Å²) in [5.74, 6) is -2.37. The molecule has 0 aliphatic carbocycles. The van der Waals surface area contributed by atoms with Crippen molar-refractivity contribution in [2.45, 2.75) is 6.92 Å². The van der Waals surface area contributed by atoms with E-state index in [2.05, 4.69) is 5.32 Å². The monoisotopic (exact) mass is 269 g/mol. The van der Waals surface area contributed by atoms with Gasteiger partial charge in [0.25, 0.3) is 0 Å². The zero-order chi connectivity index (χ0) is 13.5. The highest BCUT2D eigenvalue weighted by Crippen LogP contribution is 2.23. The number of hydrogen-bond acceptors (Lipinski definition) is 5. The third kappa shape index (κ3) is 4.02. The fourth-order valence-electron chi connectivity index (χ4n) is 1.08. The van der Waals surface area contributed by atoms with Crippen LogP contribution >= 0.6 is 11.3 Å². The molecule has 1 aromatic rings. The number of carboxylic acids is 1. The van der Waals surface area contributed by atoms with E-state index in [1.807, 2.05) is 0 Å². The molecule has 0 unspecified atom stereocenters. The molecule has 0 radical (unpaired) electrons. The molecule has 1 rings (SSSR count). The molecule has 96 valence electrons. The standard InChI is InChI=1S/C11H11NO5S/c1-2-17-11(16)7-5-6-18-10(7)12-8(13)3-4-9(14)15/h3-6H,2H2,1H3,(H,12,13)(H,14,15)/b4-3-. The van der Waals surface area contributed by atoms with E-state index in [0.717, 1.165) is 17.4 Å². The third-order valence-electron chi connectivity index (χ3n) is 1.77. The van der Waals surface area contributed by atoms with Gasteiger partial charge in [0, 0.05) is 12.2 Å². The van der Waals surface area contributed by atoms with E-state index in [4.69, 9.17) is 9.84 Å². The lowest BCUT2D eigenvalue weighted by Gasteiger charge is -2.03. The fraction of sp³-hybridized carbons (Fsp3) is 0.182. The number of esters is 1. The zero-order valence-electron chi connectivity index (χ0n) is 9.50. The van der Waals surface area contributed by atoms with Gasteiger partial charge in [-0.3, -0.25) is 4.79 Å². The minimum Gasteiger partial charge on any atom is -0.478 e. The van der Waals surface area contributed by atoms with Crippen LogP contribution in [0.3, 0.4) is 0 Å². The molecule has 0 aromatic carbocycles. The fourth-order valence-corrected chi connectivity index (χ4v) is 1.85. The Kier molecular flexibility index (Phi) is 5.06. The summed E-state index contributed by atoms with van der Waals surface area (Å²) in [5, 5.41) is 12.7. The van der Waals surface area contributed by atoms with Crippen LogP contribution in [0, 0.1) is 0 Å². The number of carbonyl (C=O) groups is 3. The molecule has 1 heterocycles. The van der Waals surface area contributed by atoms with E-state index in [1.54, 1.807) is 12.3 Å². The Morgan fingerprint density at radius 1 is 1.44 bits per heavy atom. The average molecular weight is 269 g/mol. The summed E-state index contributed by atoms with van der Waals surface area (Å²) < 4.78 is 4.81. The van der Waals surface area contributed by atoms with Crippen LogP contribution in [-0.4, -0.2) is 29.6 Å². The van der Waals surface area contributed by atoms with Gasteiger partial charge >= 0.3 is 11.9 Å². The normalized spacial score (nSPS) is 10.3. The Hall–Kier alpha value is -2.15. The van der Waals surface area contributed by atoms with Crippen LogP contribution in [0.2, 0.25) is 0 Å². The second-order valence-electron chi connectivity index (χ2n) is 3.04. The zero-order valence-corrected chi connectivity index (χ0v) is 10.3. The number of thiophene rings is 1. The van der Waals surface area contributed by atoms with Crippen LogP contribution in [0.1, 0.15) is 17.3 Å². The summed E-state index contributed by atoms with van der Waals surface area (Å²) in [5.41, 5.74) is 0.249. The van der Waals surface area contributed by atoms with E-state index < -0.39 is 17.8 Å². The topological polar surface area (TPSA) is 92.7 Å². The second kappa shape index (κ2) is 6.55. The van der Waals surface area contributed by atoms with Crippen molar-refractivity contribution in [2.24, 2.45) is 0 Å². The van der Waals surface area contributed by atoms with Crippen molar-refractivity contribution in [3.63, 3.8) is 0 Å². The second-order valence-corrected chi connectivity index (χ2v) is 3.96. The predicted molar refractivity (Wildman–Crippen MR) is 65.7 cm³/mol. The number of carbonyl (C=O) groups excluding carboxylic acids is 2. The van der Waals surface area contributed by atoms with Crippen LogP contribution in [-0.2, 0) is 14.3 Å². The van der Waals surface area contributed by atoms with E-state index in [1.165, 1.54) is 6.07 Å². The SMILES string of the molecule is CCOC(=O)c1ccsc1NC(=O)/C=C\C(=O)O. The molecule has 0 saturated carbocycles. The van der Waals surface area contributed by atoms with Gasteiger partial charge in [-0.15, -0.1) is 11.3 Å². The quantitative estimate of drug-likeness (QED) is 0.624. The number of anilines is 1. The van der Waals surface area contributed by atoms with Crippen LogP contribution in [0.5, 0.6) is 0 Å². The molecule has 0 spiro atoms. The molecule has 0 fully saturated rings. The molecule has 0 bridgehead atoms. The molecule has 2 N–H and O–H groups in total. The van der Waals surface area contributed by atoms with Crippen molar-refractivity contribution in [3.05, 3.63) is 29.2 Å². The van der Waals surface area contributed by atoms with E-state index in [0.29, 0.717) is 11.1 Å². The van der Waals surface area contributed by atoms with Crippen LogP contribution in [0.4, 0.5) is 5.00 Å². The van der Waals surface area contributed by atoms with Crippen molar-refractivity contribution >= 4 is 34.2 Å². The van der Waals surface area contributed by atoms with Crippen LogP contribution < -0.4 is 5.32 Å². The van der Waals surface area contributed by atoms with Crippen LogP contribution in [0.25, 0.3) is 0 Å². The minimum absolute atomic E-state index is 0.237. The van der Waals surface area contributed by atoms with Gasteiger partial charge in [-0.05, 0) is 18.4 Å². The van der Waals surface area contributed by atoms with Gasteiger partial charge in [0.2, 0.25) is 5.91 Å². The summed E-state index contributed by atoms with van der Waals surface area (Å²) in [6, 6.07) is 1.53. The number of carboxylic acid groups (broad SMARTS) is 1. The molecule has 7 heteroatoms. The predicted octanol–water partition coefficient (Wildman–Crippen LogP) is 1.50.